The number of amides is 2. The molecule has 0 aliphatic carbocycles. The van der Waals surface area contributed by atoms with Gasteiger partial charge < -0.3 is 19.7 Å². The highest BCUT2D eigenvalue weighted by atomic mass is 35.5. The molecule has 0 fully saturated rings. The zero-order valence-electron chi connectivity index (χ0n) is 19.9. The largest absolute Gasteiger partial charge is 0.493 e. The molecule has 1 unspecified atom stereocenters. The monoisotopic (exact) mass is 511 g/mol. The lowest BCUT2D eigenvalue weighted by molar-refractivity contribution is -0.140. The van der Waals surface area contributed by atoms with Gasteiger partial charge in [-0.25, -0.2) is 8.42 Å². The lowest BCUT2D eigenvalue weighted by Crippen LogP contribution is -2.51. The predicted octanol–water partition coefficient (Wildman–Crippen LogP) is 2.68. The number of anilines is 1. The van der Waals surface area contributed by atoms with Gasteiger partial charge in [0.15, 0.2) is 11.5 Å². The highest BCUT2D eigenvalue weighted by Gasteiger charge is 2.32. The fourth-order valence-electron chi connectivity index (χ4n) is 3.49. The summed E-state index contributed by atoms with van der Waals surface area (Å²) in [7, 11) is 0.507. The topological polar surface area (TPSA) is 105 Å². The van der Waals surface area contributed by atoms with Crippen LogP contribution in [0.5, 0.6) is 11.5 Å². The van der Waals surface area contributed by atoms with E-state index in [1.807, 2.05) is 0 Å². The number of nitrogens with zero attached hydrogens (tertiary/aromatic N) is 2. The molecule has 0 saturated heterocycles. The van der Waals surface area contributed by atoms with E-state index < -0.39 is 28.5 Å². The van der Waals surface area contributed by atoms with Gasteiger partial charge in [-0.15, -0.1) is 0 Å². The van der Waals surface area contributed by atoms with Crippen LogP contribution in [-0.4, -0.2) is 65.2 Å². The minimum Gasteiger partial charge on any atom is -0.493 e. The maximum atomic E-state index is 13.5. The molecule has 0 aliphatic rings. The van der Waals surface area contributed by atoms with Gasteiger partial charge in [-0.3, -0.25) is 13.9 Å². The summed E-state index contributed by atoms with van der Waals surface area (Å²) < 4.78 is 36.8. The van der Waals surface area contributed by atoms with Crippen molar-refractivity contribution in [1.82, 2.24) is 10.2 Å². The van der Waals surface area contributed by atoms with Crippen molar-refractivity contribution in [3.8, 4) is 11.5 Å². The third-order valence-electron chi connectivity index (χ3n) is 5.27. The molecule has 2 aromatic carbocycles. The van der Waals surface area contributed by atoms with Crippen molar-refractivity contribution in [3.05, 3.63) is 53.1 Å². The van der Waals surface area contributed by atoms with Crippen LogP contribution in [-0.2, 0) is 26.2 Å². The smallest absolute Gasteiger partial charge is 0.244 e. The van der Waals surface area contributed by atoms with Crippen LogP contribution < -0.4 is 19.1 Å². The number of carbonyl (C=O) groups is 2. The van der Waals surface area contributed by atoms with E-state index in [0.717, 1.165) is 10.6 Å². The number of rotatable bonds is 11. The van der Waals surface area contributed by atoms with Crippen molar-refractivity contribution >= 4 is 39.1 Å². The summed E-state index contributed by atoms with van der Waals surface area (Å²) in [5.41, 5.74) is 0.857. The van der Waals surface area contributed by atoms with Crippen LogP contribution in [0.1, 0.15) is 18.9 Å². The average Bonchev–Trinajstić information content (AvgIpc) is 2.81. The minimum absolute atomic E-state index is 0.0357. The van der Waals surface area contributed by atoms with E-state index in [1.165, 1.54) is 38.3 Å². The summed E-state index contributed by atoms with van der Waals surface area (Å²) in [6.07, 6.45) is 1.33. The lowest BCUT2D eigenvalue weighted by Gasteiger charge is -2.32. The molecule has 186 valence electrons. The first-order chi connectivity index (χ1) is 16.1. The Morgan fingerprint density at radius 1 is 1.09 bits per heavy atom. The second-order valence-electron chi connectivity index (χ2n) is 7.46. The van der Waals surface area contributed by atoms with E-state index in [-0.39, 0.29) is 18.1 Å². The molecule has 0 bridgehead atoms. The number of methoxy groups -OCH3 is 2. The number of halogens is 1. The molecule has 2 amide bonds. The summed E-state index contributed by atoms with van der Waals surface area (Å²) in [4.78, 5) is 27.4. The van der Waals surface area contributed by atoms with Crippen molar-refractivity contribution in [2.45, 2.75) is 25.9 Å². The summed E-state index contributed by atoms with van der Waals surface area (Å²) >= 11 is 6.30. The van der Waals surface area contributed by atoms with Crippen LogP contribution in [0.25, 0.3) is 0 Å². The van der Waals surface area contributed by atoms with Crippen LogP contribution in [0.15, 0.2) is 42.5 Å². The number of hydrogen-bond acceptors (Lipinski definition) is 6. The minimum atomic E-state index is -3.87. The number of carbonyl (C=O) groups excluding carboxylic acids is 2. The molecule has 0 aromatic heterocycles. The molecule has 2 rings (SSSR count). The fraction of sp³-hybridized carbons (Fsp3) is 0.391. The van der Waals surface area contributed by atoms with Gasteiger partial charge in [-0.05, 0) is 30.2 Å². The van der Waals surface area contributed by atoms with Gasteiger partial charge in [-0.2, -0.15) is 0 Å². The van der Waals surface area contributed by atoms with Crippen molar-refractivity contribution in [3.63, 3.8) is 0 Å². The zero-order chi connectivity index (χ0) is 25.5. The Labute approximate surface area is 205 Å². The van der Waals surface area contributed by atoms with Gasteiger partial charge in [0.05, 0.1) is 26.2 Å². The van der Waals surface area contributed by atoms with Crippen molar-refractivity contribution in [1.29, 1.82) is 0 Å². The highest BCUT2D eigenvalue weighted by molar-refractivity contribution is 7.92. The number of benzene rings is 2. The molecule has 9 nitrogen and oxygen atoms in total. The molecule has 34 heavy (non-hydrogen) atoms. The second-order valence-corrected chi connectivity index (χ2v) is 9.77. The molecule has 2 aromatic rings. The van der Waals surface area contributed by atoms with E-state index in [0.29, 0.717) is 28.5 Å². The molecular formula is C23H30ClN3O6S. The molecule has 0 heterocycles. The Hall–Kier alpha value is -2.98. The standard InChI is InChI=1S/C23H30ClN3O6S/c1-6-19(23(29)25-2)26(14-16-9-7-8-10-18(16)24)22(28)15-27(34(5,30)31)17-11-12-20(32-3)21(13-17)33-4/h7-13,19H,6,14-15H2,1-5H3,(H,25,29). The molecule has 11 heteroatoms. The molecule has 1 atom stereocenters. The van der Waals surface area contributed by atoms with E-state index in [4.69, 9.17) is 21.1 Å². The van der Waals surface area contributed by atoms with Gasteiger partial charge in [0.25, 0.3) is 0 Å². The van der Waals surface area contributed by atoms with Gasteiger partial charge >= 0.3 is 0 Å². The predicted molar refractivity (Wildman–Crippen MR) is 132 cm³/mol. The Morgan fingerprint density at radius 2 is 1.74 bits per heavy atom. The van der Waals surface area contributed by atoms with Gasteiger partial charge in [0.1, 0.15) is 12.6 Å². The average molecular weight is 512 g/mol. The maximum absolute atomic E-state index is 13.5. The van der Waals surface area contributed by atoms with Crippen LogP contribution in [0.2, 0.25) is 5.02 Å². The Kier molecular flexibility index (Phi) is 9.57. The van der Waals surface area contributed by atoms with E-state index >= 15 is 0 Å². The summed E-state index contributed by atoms with van der Waals surface area (Å²) in [6, 6.07) is 10.7. The van der Waals surface area contributed by atoms with E-state index in [2.05, 4.69) is 5.32 Å². The number of sulfonamides is 1. The molecule has 1 N–H and O–H groups in total. The zero-order valence-corrected chi connectivity index (χ0v) is 21.4. The van der Waals surface area contributed by atoms with Gasteiger partial charge in [0.2, 0.25) is 21.8 Å². The van der Waals surface area contributed by atoms with Gasteiger partial charge in [-0.1, -0.05) is 36.7 Å². The Balaban J connectivity index is 2.49. The Bertz CT molecular complexity index is 1130. The molecule has 0 saturated carbocycles. The van der Waals surface area contributed by atoms with Crippen molar-refractivity contribution in [2.75, 3.05) is 38.4 Å². The number of nitrogens with one attached hydrogen (secondary N) is 1. The van der Waals surface area contributed by atoms with Crippen LogP contribution in [0, 0.1) is 0 Å². The third-order valence-corrected chi connectivity index (χ3v) is 6.77. The van der Waals surface area contributed by atoms with Gasteiger partial charge in [0, 0.05) is 24.7 Å². The van der Waals surface area contributed by atoms with E-state index in [9.17, 15) is 18.0 Å². The molecule has 0 aliphatic heterocycles. The van der Waals surface area contributed by atoms with Crippen molar-refractivity contribution in [2.24, 2.45) is 0 Å². The molecule has 0 radical (unpaired) electrons. The number of hydrogen-bond donors (Lipinski definition) is 1. The highest BCUT2D eigenvalue weighted by Crippen LogP contribution is 2.32. The Morgan fingerprint density at radius 3 is 2.26 bits per heavy atom. The molecule has 0 spiro atoms. The SMILES string of the molecule is CCC(C(=O)NC)N(Cc1ccccc1Cl)C(=O)CN(c1ccc(OC)c(OC)c1)S(C)(=O)=O. The second kappa shape index (κ2) is 11.9. The first kappa shape index (κ1) is 27.3. The van der Waals surface area contributed by atoms with Crippen molar-refractivity contribution < 1.29 is 27.5 Å². The normalized spacial score (nSPS) is 11.9. The maximum Gasteiger partial charge on any atom is 0.244 e. The van der Waals surface area contributed by atoms with Crippen LogP contribution in [0.3, 0.4) is 0 Å². The summed E-state index contributed by atoms with van der Waals surface area (Å²) in [5.74, 6) is -0.196. The first-order valence-corrected chi connectivity index (χ1v) is 12.7. The van der Waals surface area contributed by atoms with E-state index in [1.54, 1.807) is 37.3 Å². The first-order valence-electron chi connectivity index (χ1n) is 10.5. The number of likely N-dealkylation sites (N-methyl/N-ethyl adjacent to an activating group) is 1. The third kappa shape index (κ3) is 6.54. The fourth-order valence-corrected chi connectivity index (χ4v) is 4.53. The lowest BCUT2D eigenvalue weighted by atomic mass is 10.1. The van der Waals surface area contributed by atoms with Crippen LogP contribution in [0.4, 0.5) is 5.69 Å². The summed E-state index contributed by atoms with van der Waals surface area (Å²) in [6.45, 7) is 1.29. The van der Waals surface area contributed by atoms with Crippen LogP contribution >= 0.6 is 11.6 Å². The number of ether oxygens (including phenoxy) is 2. The molecular weight excluding hydrogens is 482 g/mol. The quantitative estimate of drug-likeness (QED) is 0.497. The summed E-state index contributed by atoms with van der Waals surface area (Å²) in [5, 5.41) is 3.00.